The first-order valence-electron chi connectivity index (χ1n) is 15.4. The van der Waals surface area contributed by atoms with Crippen molar-refractivity contribution in [1.29, 1.82) is 0 Å². The van der Waals surface area contributed by atoms with Crippen LogP contribution in [0.2, 0.25) is 0 Å². The van der Waals surface area contributed by atoms with Gasteiger partial charge in [-0.15, -0.1) is 0 Å². The Balaban J connectivity index is 1.55. The van der Waals surface area contributed by atoms with E-state index >= 15 is 0 Å². The molecule has 0 amide bonds. The van der Waals surface area contributed by atoms with E-state index in [0.717, 1.165) is 0 Å². The molecular formula is C43H34. The molecule has 8 aromatic rings. The molecule has 0 aliphatic rings. The van der Waals surface area contributed by atoms with Crippen molar-refractivity contribution in [3.05, 3.63) is 144 Å². The van der Waals surface area contributed by atoms with E-state index in [1.54, 1.807) is 0 Å². The van der Waals surface area contributed by atoms with E-state index in [1.165, 1.54) is 93.2 Å². The summed E-state index contributed by atoms with van der Waals surface area (Å²) in [6, 6.07) is 48.0. The molecular weight excluding hydrogens is 516 g/mol. The van der Waals surface area contributed by atoms with Crippen LogP contribution in [0.15, 0.2) is 127 Å². The first kappa shape index (κ1) is 25.7. The van der Waals surface area contributed by atoms with Gasteiger partial charge in [0.25, 0.3) is 0 Å². The second kappa shape index (κ2) is 9.82. The van der Waals surface area contributed by atoms with E-state index in [4.69, 9.17) is 0 Å². The summed E-state index contributed by atoms with van der Waals surface area (Å²) < 4.78 is 0. The monoisotopic (exact) mass is 550 g/mol. The molecule has 0 saturated heterocycles. The minimum absolute atomic E-state index is 0.408. The fourth-order valence-corrected chi connectivity index (χ4v) is 7.04. The Bertz CT molecular complexity index is 2300. The molecule has 0 spiro atoms. The Morgan fingerprint density at radius 1 is 0.395 bits per heavy atom. The summed E-state index contributed by atoms with van der Waals surface area (Å²) in [5, 5.41) is 10.6. The Labute approximate surface area is 253 Å². The average Bonchev–Trinajstić information content (AvgIpc) is 3.03. The van der Waals surface area contributed by atoms with Crippen molar-refractivity contribution in [2.75, 3.05) is 0 Å². The zero-order valence-electron chi connectivity index (χ0n) is 25.2. The Morgan fingerprint density at radius 3 is 1.44 bits per heavy atom. The number of fused-ring (bicyclic) bond motifs is 1. The van der Waals surface area contributed by atoms with Gasteiger partial charge in [-0.3, -0.25) is 0 Å². The summed E-state index contributed by atoms with van der Waals surface area (Å²) in [5.74, 6) is 0.408. The molecule has 0 atom stereocenters. The molecule has 0 fully saturated rings. The molecule has 0 N–H and O–H groups in total. The molecule has 0 aliphatic heterocycles. The van der Waals surface area contributed by atoms with Crippen molar-refractivity contribution in [2.45, 2.75) is 33.6 Å². The maximum Gasteiger partial charge on any atom is -0.00140 e. The van der Waals surface area contributed by atoms with Gasteiger partial charge in [0.1, 0.15) is 0 Å². The summed E-state index contributed by atoms with van der Waals surface area (Å²) in [6.45, 7) is 8.97. The molecule has 0 radical (unpaired) electrons. The highest BCUT2D eigenvalue weighted by Crippen LogP contribution is 2.48. The molecule has 8 aromatic carbocycles. The maximum atomic E-state index is 2.45. The molecule has 0 bridgehead atoms. The first-order chi connectivity index (χ1) is 21.0. The van der Waals surface area contributed by atoms with Gasteiger partial charge in [0.15, 0.2) is 0 Å². The van der Waals surface area contributed by atoms with E-state index in [-0.39, 0.29) is 0 Å². The summed E-state index contributed by atoms with van der Waals surface area (Å²) in [7, 11) is 0. The van der Waals surface area contributed by atoms with Crippen molar-refractivity contribution in [2.24, 2.45) is 0 Å². The van der Waals surface area contributed by atoms with Crippen LogP contribution in [-0.4, -0.2) is 0 Å². The fraction of sp³-hybridized carbons (Fsp3) is 0.116. The van der Waals surface area contributed by atoms with Crippen LogP contribution in [0.4, 0.5) is 0 Å². The van der Waals surface area contributed by atoms with Gasteiger partial charge in [-0.2, -0.15) is 0 Å². The standard InChI is InChI=1S/C43H34/c1-26(2)38-24-39(30-13-9-27(3)10-14-30)35-21-22-37-41(33-18-17-29-7-5-6-8-32(29)23-33)25-40(31-15-11-28(4)12-16-31)36-20-19-34(38)42(35)43(36)37/h5-26H,1-4H3. The molecule has 0 aromatic heterocycles. The average molecular weight is 551 g/mol. The van der Waals surface area contributed by atoms with Crippen molar-refractivity contribution in [3.63, 3.8) is 0 Å². The molecule has 0 aliphatic carbocycles. The van der Waals surface area contributed by atoms with Crippen LogP contribution in [0, 0.1) is 13.8 Å². The highest BCUT2D eigenvalue weighted by Gasteiger charge is 2.21. The summed E-state index contributed by atoms with van der Waals surface area (Å²) in [6.07, 6.45) is 0. The lowest BCUT2D eigenvalue weighted by Gasteiger charge is -2.22. The van der Waals surface area contributed by atoms with E-state index in [1.807, 2.05) is 0 Å². The van der Waals surface area contributed by atoms with Gasteiger partial charge in [0, 0.05) is 0 Å². The van der Waals surface area contributed by atoms with Crippen molar-refractivity contribution >= 4 is 43.1 Å². The summed E-state index contributed by atoms with van der Waals surface area (Å²) in [5.41, 5.74) is 11.7. The predicted octanol–water partition coefficient (Wildman–Crippen LogP) is 12.5. The summed E-state index contributed by atoms with van der Waals surface area (Å²) in [4.78, 5) is 0. The van der Waals surface area contributed by atoms with Crippen LogP contribution in [0.3, 0.4) is 0 Å². The molecule has 0 unspecified atom stereocenters. The smallest absolute Gasteiger partial charge is 0.00140 e. The molecule has 0 saturated carbocycles. The highest BCUT2D eigenvalue weighted by molar-refractivity contribution is 6.30. The molecule has 8 rings (SSSR count). The third kappa shape index (κ3) is 4.13. The zero-order valence-corrected chi connectivity index (χ0v) is 25.2. The predicted molar refractivity (Wildman–Crippen MR) is 188 cm³/mol. The molecule has 206 valence electrons. The fourth-order valence-electron chi connectivity index (χ4n) is 7.04. The van der Waals surface area contributed by atoms with E-state index < -0.39 is 0 Å². The number of aryl methyl sites for hydroxylation is 2. The van der Waals surface area contributed by atoms with Gasteiger partial charge in [-0.05, 0) is 120 Å². The van der Waals surface area contributed by atoms with Gasteiger partial charge < -0.3 is 0 Å². The van der Waals surface area contributed by atoms with Crippen LogP contribution in [0.1, 0.15) is 36.5 Å². The topological polar surface area (TPSA) is 0 Å². The van der Waals surface area contributed by atoms with E-state index in [0.29, 0.717) is 5.92 Å². The SMILES string of the molecule is Cc1ccc(-c2cc(-c3ccc4ccccc4c3)c3ccc4c(-c5ccc(C)cc5)cc(C(C)C)c5ccc2c3c45)cc1. The lowest BCUT2D eigenvalue weighted by molar-refractivity contribution is 0.877. The van der Waals surface area contributed by atoms with Crippen LogP contribution in [-0.2, 0) is 0 Å². The van der Waals surface area contributed by atoms with Crippen molar-refractivity contribution < 1.29 is 0 Å². The Kier molecular flexibility index (Phi) is 5.88. The van der Waals surface area contributed by atoms with Crippen LogP contribution < -0.4 is 0 Å². The number of rotatable bonds is 4. The minimum Gasteiger partial charge on any atom is -0.0616 e. The molecule has 43 heavy (non-hydrogen) atoms. The van der Waals surface area contributed by atoms with Gasteiger partial charge in [0.2, 0.25) is 0 Å². The number of hydrogen-bond donors (Lipinski definition) is 0. The lowest BCUT2D eigenvalue weighted by Crippen LogP contribution is -1.97. The van der Waals surface area contributed by atoms with Gasteiger partial charge in [-0.25, -0.2) is 0 Å². The van der Waals surface area contributed by atoms with E-state index in [2.05, 4.69) is 155 Å². The third-order valence-electron chi connectivity index (χ3n) is 9.34. The summed E-state index contributed by atoms with van der Waals surface area (Å²) >= 11 is 0. The quantitative estimate of drug-likeness (QED) is 0.191. The Morgan fingerprint density at radius 2 is 0.860 bits per heavy atom. The minimum atomic E-state index is 0.408. The van der Waals surface area contributed by atoms with Gasteiger partial charge in [-0.1, -0.05) is 134 Å². The van der Waals surface area contributed by atoms with Crippen molar-refractivity contribution in [1.82, 2.24) is 0 Å². The molecule has 0 heteroatoms. The molecule has 0 heterocycles. The van der Waals surface area contributed by atoms with Gasteiger partial charge in [0.05, 0.1) is 0 Å². The second-order valence-electron chi connectivity index (χ2n) is 12.5. The van der Waals surface area contributed by atoms with Crippen LogP contribution >= 0.6 is 0 Å². The van der Waals surface area contributed by atoms with Gasteiger partial charge >= 0.3 is 0 Å². The number of benzene rings is 8. The first-order valence-corrected chi connectivity index (χ1v) is 15.4. The number of hydrogen-bond acceptors (Lipinski definition) is 0. The lowest BCUT2D eigenvalue weighted by atomic mass is 9.81. The third-order valence-corrected chi connectivity index (χ3v) is 9.34. The maximum absolute atomic E-state index is 2.45. The zero-order chi connectivity index (χ0) is 29.2. The van der Waals surface area contributed by atoms with Crippen LogP contribution in [0.5, 0.6) is 0 Å². The largest absolute Gasteiger partial charge is 0.0616 e. The second-order valence-corrected chi connectivity index (χ2v) is 12.5. The van der Waals surface area contributed by atoms with Crippen molar-refractivity contribution in [3.8, 4) is 33.4 Å². The normalized spacial score (nSPS) is 11.9. The molecule has 0 nitrogen and oxygen atoms in total. The van der Waals surface area contributed by atoms with E-state index in [9.17, 15) is 0 Å². The Hall–Kier alpha value is -4.94. The van der Waals surface area contributed by atoms with Crippen LogP contribution in [0.25, 0.3) is 76.5 Å². The highest BCUT2D eigenvalue weighted by atomic mass is 14.2.